The predicted molar refractivity (Wildman–Crippen MR) is 70.9 cm³/mol. The van der Waals surface area contributed by atoms with Crippen LogP contribution in [0.15, 0.2) is 18.2 Å². The van der Waals surface area contributed by atoms with Gasteiger partial charge >= 0.3 is 0 Å². The highest BCUT2D eigenvalue weighted by atomic mass is 14.9. The molecule has 1 aliphatic carbocycles. The second kappa shape index (κ2) is 5.19. The van der Waals surface area contributed by atoms with Crippen LogP contribution in [0.5, 0.6) is 0 Å². The second-order valence-corrected chi connectivity index (χ2v) is 5.34. The summed E-state index contributed by atoms with van der Waals surface area (Å²) in [4.78, 5) is 0. The van der Waals surface area contributed by atoms with Crippen LogP contribution in [0.4, 0.5) is 0 Å². The number of hydrogen-bond acceptors (Lipinski definition) is 2. The van der Waals surface area contributed by atoms with Gasteiger partial charge in [-0.2, -0.15) is 0 Å². The van der Waals surface area contributed by atoms with Gasteiger partial charge in [0.05, 0.1) is 0 Å². The summed E-state index contributed by atoms with van der Waals surface area (Å²) in [6.07, 6.45) is 6.76. The van der Waals surface area contributed by atoms with Gasteiger partial charge in [-0.15, -0.1) is 0 Å². The topological polar surface area (TPSA) is 24.1 Å². The maximum atomic E-state index is 3.73. The molecule has 0 unspecified atom stereocenters. The highest BCUT2D eigenvalue weighted by Gasteiger charge is 2.16. The molecule has 92 valence electrons. The van der Waals surface area contributed by atoms with E-state index >= 15 is 0 Å². The van der Waals surface area contributed by atoms with E-state index in [0.717, 1.165) is 25.7 Å². The minimum atomic E-state index is 0.771. The zero-order valence-corrected chi connectivity index (χ0v) is 10.5. The van der Waals surface area contributed by atoms with E-state index in [1.54, 1.807) is 5.56 Å². The molecule has 1 aromatic carbocycles. The lowest BCUT2D eigenvalue weighted by Crippen LogP contribution is -2.28. The second-order valence-electron chi connectivity index (χ2n) is 5.34. The third kappa shape index (κ3) is 2.53. The normalized spacial score (nSPS) is 20.5. The van der Waals surface area contributed by atoms with Crippen molar-refractivity contribution in [3.8, 4) is 0 Å². The van der Waals surface area contributed by atoms with Crippen LogP contribution in [0.25, 0.3) is 0 Å². The molecular formula is C15H22N2. The van der Waals surface area contributed by atoms with E-state index in [2.05, 4.69) is 28.8 Å². The van der Waals surface area contributed by atoms with Crippen molar-refractivity contribution < 1.29 is 0 Å². The van der Waals surface area contributed by atoms with E-state index in [4.69, 9.17) is 0 Å². The first-order chi connectivity index (χ1) is 8.43. The van der Waals surface area contributed by atoms with Gasteiger partial charge in [0.15, 0.2) is 0 Å². The zero-order valence-electron chi connectivity index (χ0n) is 10.5. The summed E-state index contributed by atoms with van der Waals surface area (Å²) in [6.45, 7) is 3.24. The molecule has 0 atom stereocenters. The smallest absolute Gasteiger partial charge is 0.0210 e. The summed E-state index contributed by atoms with van der Waals surface area (Å²) < 4.78 is 0. The van der Waals surface area contributed by atoms with Crippen molar-refractivity contribution in [2.45, 2.75) is 51.2 Å². The van der Waals surface area contributed by atoms with Gasteiger partial charge in [-0.05, 0) is 42.5 Å². The van der Waals surface area contributed by atoms with E-state index in [1.807, 2.05) is 0 Å². The lowest BCUT2D eigenvalue weighted by atomic mass is 9.95. The monoisotopic (exact) mass is 230 g/mol. The van der Waals surface area contributed by atoms with Crippen molar-refractivity contribution in [2.75, 3.05) is 6.54 Å². The molecule has 2 heteroatoms. The molecule has 17 heavy (non-hydrogen) atoms. The van der Waals surface area contributed by atoms with Gasteiger partial charge in [-0.25, -0.2) is 0 Å². The molecular weight excluding hydrogens is 208 g/mol. The van der Waals surface area contributed by atoms with Gasteiger partial charge in [0.1, 0.15) is 0 Å². The van der Waals surface area contributed by atoms with Crippen LogP contribution in [0.3, 0.4) is 0 Å². The first-order valence-corrected chi connectivity index (χ1v) is 6.97. The van der Waals surface area contributed by atoms with Gasteiger partial charge in [-0.3, -0.25) is 0 Å². The van der Waals surface area contributed by atoms with Gasteiger partial charge in [0.2, 0.25) is 0 Å². The Labute approximate surface area is 104 Å². The number of hydrogen-bond donors (Lipinski definition) is 2. The van der Waals surface area contributed by atoms with Crippen LogP contribution in [-0.2, 0) is 19.5 Å². The molecule has 2 aliphatic rings. The highest BCUT2D eigenvalue weighted by molar-refractivity contribution is 5.37. The molecule has 1 saturated carbocycles. The van der Waals surface area contributed by atoms with E-state index in [1.165, 1.54) is 43.2 Å². The Morgan fingerprint density at radius 3 is 3.00 bits per heavy atom. The molecule has 0 saturated heterocycles. The summed E-state index contributed by atoms with van der Waals surface area (Å²) in [7, 11) is 0. The molecule has 0 amide bonds. The van der Waals surface area contributed by atoms with Gasteiger partial charge in [0, 0.05) is 19.1 Å². The molecule has 2 N–H and O–H groups in total. The van der Waals surface area contributed by atoms with E-state index in [9.17, 15) is 0 Å². The Bertz CT molecular complexity index is 381. The Balaban J connectivity index is 1.69. The lowest BCUT2D eigenvalue weighted by molar-refractivity contribution is 0.520. The van der Waals surface area contributed by atoms with Crippen LogP contribution in [0.2, 0.25) is 0 Å². The zero-order chi connectivity index (χ0) is 11.5. The maximum absolute atomic E-state index is 3.73. The molecule has 1 aliphatic heterocycles. The number of fused-ring (bicyclic) bond motifs is 1. The van der Waals surface area contributed by atoms with Crippen LogP contribution in [0, 0.1) is 0 Å². The fourth-order valence-electron chi connectivity index (χ4n) is 3.16. The molecule has 3 rings (SSSR count). The standard InChI is InChI=1S/C15H22N2/c1-2-7-14(6-1)17-11-13-5-3-4-12-10-16-9-8-15(12)13/h3-5,14,16-17H,1-2,6-11H2. The summed E-state index contributed by atoms with van der Waals surface area (Å²) >= 11 is 0. The summed E-state index contributed by atoms with van der Waals surface area (Å²) in [6, 6.07) is 7.54. The minimum Gasteiger partial charge on any atom is -0.312 e. The fraction of sp³-hybridized carbons (Fsp3) is 0.600. The Morgan fingerprint density at radius 2 is 2.12 bits per heavy atom. The van der Waals surface area contributed by atoms with Crippen LogP contribution >= 0.6 is 0 Å². The van der Waals surface area contributed by atoms with Crippen LogP contribution < -0.4 is 10.6 Å². The van der Waals surface area contributed by atoms with Crippen LogP contribution in [0.1, 0.15) is 42.4 Å². The fourth-order valence-corrected chi connectivity index (χ4v) is 3.16. The lowest BCUT2D eigenvalue weighted by Gasteiger charge is -2.21. The largest absolute Gasteiger partial charge is 0.312 e. The average Bonchev–Trinajstić information content (AvgIpc) is 2.89. The van der Waals surface area contributed by atoms with Crippen molar-refractivity contribution >= 4 is 0 Å². The van der Waals surface area contributed by atoms with Crippen molar-refractivity contribution in [3.05, 3.63) is 34.9 Å². The Morgan fingerprint density at radius 1 is 1.24 bits per heavy atom. The molecule has 0 spiro atoms. The first kappa shape index (κ1) is 11.2. The molecule has 1 aromatic rings. The molecule has 2 nitrogen and oxygen atoms in total. The predicted octanol–water partition coefficient (Wildman–Crippen LogP) is 2.36. The first-order valence-electron chi connectivity index (χ1n) is 6.97. The van der Waals surface area contributed by atoms with Crippen molar-refractivity contribution in [3.63, 3.8) is 0 Å². The van der Waals surface area contributed by atoms with E-state index in [0.29, 0.717) is 0 Å². The van der Waals surface area contributed by atoms with Gasteiger partial charge in [0.25, 0.3) is 0 Å². The molecule has 1 fully saturated rings. The van der Waals surface area contributed by atoms with Crippen molar-refractivity contribution in [1.29, 1.82) is 0 Å². The highest BCUT2D eigenvalue weighted by Crippen LogP contribution is 2.21. The van der Waals surface area contributed by atoms with Gasteiger partial charge in [-0.1, -0.05) is 31.0 Å². The summed E-state index contributed by atoms with van der Waals surface area (Å²) in [5, 5.41) is 7.17. The molecule has 0 radical (unpaired) electrons. The maximum Gasteiger partial charge on any atom is 0.0210 e. The third-order valence-electron chi connectivity index (χ3n) is 4.17. The van der Waals surface area contributed by atoms with Crippen molar-refractivity contribution in [2.24, 2.45) is 0 Å². The molecule has 0 bridgehead atoms. The van der Waals surface area contributed by atoms with E-state index in [-0.39, 0.29) is 0 Å². The number of benzene rings is 1. The molecule has 1 heterocycles. The quantitative estimate of drug-likeness (QED) is 0.833. The third-order valence-corrected chi connectivity index (χ3v) is 4.17. The summed E-state index contributed by atoms with van der Waals surface area (Å²) in [5.41, 5.74) is 4.62. The Hall–Kier alpha value is -0.860. The molecule has 0 aromatic heterocycles. The number of rotatable bonds is 3. The van der Waals surface area contributed by atoms with E-state index < -0.39 is 0 Å². The minimum absolute atomic E-state index is 0.771. The Kier molecular flexibility index (Phi) is 3.44. The number of nitrogens with one attached hydrogen (secondary N) is 2. The van der Waals surface area contributed by atoms with Gasteiger partial charge < -0.3 is 10.6 Å². The average molecular weight is 230 g/mol. The van der Waals surface area contributed by atoms with Crippen LogP contribution in [-0.4, -0.2) is 12.6 Å². The SMILES string of the molecule is c1cc2c(c(CNC3CCCC3)c1)CCNC2. The summed E-state index contributed by atoms with van der Waals surface area (Å²) in [5.74, 6) is 0. The van der Waals surface area contributed by atoms with Crippen molar-refractivity contribution in [1.82, 2.24) is 10.6 Å².